The van der Waals surface area contributed by atoms with Crippen LogP contribution in [0.5, 0.6) is 0 Å². The van der Waals surface area contributed by atoms with Crippen LogP contribution < -0.4 is 24.8 Å². The maximum atomic E-state index is 3.26. The Bertz CT molecular complexity index is 1140. The summed E-state index contributed by atoms with van der Waals surface area (Å²) in [6.07, 6.45) is 7.65. The Balaban J connectivity index is 0.000000721. The van der Waals surface area contributed by atoms with Crippen LogP contribution in [0.3, 0.4) is 0 Å². The van der Waals surface area contributed by atoms with Crippen molar-refractivity contribution < 1.29 is 51.0 Å². The molecule has 182 valence electrons. The molecule has 0 N–H and O–H groups in total. The second-order valence-corrected chi connectivity index (χ2v) is 12.2. The molecule has 3 aromatic carbocycles. The Morgan fingerprint density at radius 3 is 1.82 bits per heavy atom. The maximum Gasteiger partial charge on any atom is 4.00 e. The molecule has 3 heteroatoms. The van der Waals surface area contributed by atoms with Gasteiger partial charge in [-0.2, -0.15) is 11.6 Å². The molecule has 0 aliphatic heterocycles. The fourth-order valence-electron chi connectivity index (χ4n) is 4.20. The standard InChI is InChI=1S/C21H25.C10H15.2ClH.Zr/c1-20(2,3)16-11-10-14-12-15-8-7-9-18(21(4,5)6)19(15)17(14)13-16;1-8-5-6-9(7-8)10(2,3)4;;;/h7-13H,1-6H3;6-8H,1-4H3;2*1H;/q2*-1;;;+4/p-2. The fourth-order valence-corrected chi connectivity index (χ4v) is 4.20. The summed E-state index contributed by atoms with van der Waals surface area (Å²) in [5.74, 6) is 0.522. The third-order valence-corrected chi connectivity index (χ3v) is 6.20. The van der Waals surface area contributed by atoms with E-state index in [1.165, 1.54) is 38.2 Å². The minimum absolute atomic E-state index is 0. The molecule has 1 aliphatic carbocycles. The van der Waals surface area contributed by atoms with E-state index in [2.05, 4.69) is 130 Å². The Labute approximate surface area is 240 Å². The Hall–Kier alpha value is -0.747. The molecule has 0 saturated carbocycles. The molecule has 0 amide bonds. The van der Waals surface area contributed by atoms with E-state index in [0.717, 1.165) is 0 Å². The summed E-state index contributed by atoms with van der Waals surface area (Å²) in [5.41, 5.74) is 4.93. The van der Waals surface area contributed by atoms with E-state index >= 15 is 0 Å². The van der Waals surface area contributed by atoms with Crippen LogP contribution in [0.25, 0.3) is 21.5 Å². The SMILES string of the molecule is CC(C)(C)c1ccc2[cH-]c3cccc(C(C)(C)C)c3c2c1.CC1[C-]=CC(C(C)(C)C)=C1.[Cl-].[Cl-].[Zr+4]. The predicted molar refractivity (Wildman–Crippen MR) is 139 cm³/mol. The predicted octanol–water partition coefficient (Wildman–Crippen LogP) is 3.28. The molecule has 0 bridgehead atoms. The van der Waals surface area contributed by atoms with Crippen LogP contribution in [0.15, 0.2) is 60.2 Å². The second-order valence-electron chi connectivity index (χ2n) is 12.2. The summed E-state index contributed by atoms with van der Waals surface area (Å²) < 4.78 is 0. The van der Waals surface area contributed by atoms with Crippen molar-refractivity contribution in [3.63, 3.8) is 0 Å². The first-order valence-corrected chi connectivity index (χ1v) is 11.6. The number of fused-ring (bicyclic) bond motifs is 3. The topological polar surface area (TPSA) is 0 Å². The molecule has 0 aromatic heterocycles. The van der Waals surface area contributed by atoms with Gasteiger partial charge in [0.25, 0.3) is 0 Å². The van der Waals surface area contributed by atoms with Crippen LogP contribution in [0.4, 0.5) is 0 Å². The Morgan fingerprint density at radius 2 is 1.38 bits per heavy atom. The normalized spacial score (nSPS) is 15.6. The molecule has 34 heavy (non-hydrogen) atoms. The Kier molecular flexibility index (Phi) is 11.7. The molecule has 0 fully saturated rings. The quantitative estimate of drug-likeness (QED) is 0.362. The molecule has 0 nitrogen and oxygen atoms in total. The van der Waals surface area contributed by atoms with Crippen molar-refractivity contribution in [3.8, 4) is 0 Å². The van der Waals surface area contributed by atoms with Crippen molar-refractivity contribution in [2.45, 2.75) is 80.1 Å². The summed E-state index contributed by atoms with van der Waals surface area (Å²) in [6, 6.07) is 16.0. The van der Waals surface area contributed by atoms with Gasteiger partial charge in [0.2, 0.25) is 0 Å². The van der Waals surface area contributed by atoms with Crippen LogP contribution in [0.2, 0.25) is 0 Å². The van der Waals surface area contributed by atoms with Crippen molar-refractivity contribution >= 4 is 21.5 Å². The average molecular weight is 575 g/mol. The number of rotatable bonds is 0. The maximum absolute atomic E-state index is 3.26. The molecule has 4 rings (SSSR count). The number of halogens is 2. The van der Waals surface area contributed by atoms with Crippen molar-refractivity contribution in [3.05, 3.63) is 77.4 Å². The van der Waals surface area contributed by atoms with Crippen LogP contribution in [-0.4, -0.2) is 0 Å². The van der Waals surface area contributed by atoms with Gasteiger partial charge in [0.05, 0.1) is 0 Å². The van der Waals surface area contributed by atoms with Gasteiger partial charge in [0.15, 0.2) is 0 Å². The van der Waals surface area contributed by atoms with E-state index in [4.69, 9.17) is 0 Å². The molecule has 1 aliphatic rings. The van der Waals surface area contributed by atoms with Crippen molar-refractivity contribution in [1.82, 2.24) is 0 Å². The van der Waals surface area contributed by atoms with Crippen LogP contribution in [-0.2, 0) is 37.0 Å². The first kappa shape index (κ1) is 33.3. The molecule has 0 spiro atoms. The summed E-state index contributed by atoms with van der Waals surface area (Å²) in [7, 11) is 0. The number of allylic oxidation sites excluding steroid dienone is 4. The van der Waals surface area contributed by atoms with Gasteiger partial charge in [-0.15, -0.1) is 39.7 Å². The zero-order chi connectivity index (χ0) is 23.2. The van der Waals surface area contributed by atoms with Gasteiger partial charge in [-0.1, -0.05) is 116 Å². The molecular weight excluding hydrogens is 534 g/mol. The third-order valence-electron chi connectivity index (χ3n) is 6.20. The second kappa shape index (κ2) is 12.0. The minimum atomic E-state index is 0. The summed E-state index contributed by atoms with van der Waals surface area (Å²) in [5, 5.41) is 5.56. The largest absolute Gasteiger partial charge is 4.00 e. The van der Waals surface area contributed by atoms with E-state index in [9.17, 15) is 0 Å². The number of hydrogen-bond donors (Lipinski definition) is 0. The van der Waals surface area contributed by atoms with Crippen LogP contribution >= 0.6 is 0 Å². The van der Waals surface area contributed by atoms with E-state index in [1.807, 2.05) is 0 Å². The number of benzene rings is 2. The van der Waals surface area contributed by atoms with E-state index < -0.39 is 0 Å². The van der Waals surface area contributed by atoms with Gasteiger partial charge >= 0.3 is 26.2 Å². The summed E-state index contributed by atoms with van der Waals surface area (Å²) in [6.45, 7) is 22.6. The van der Waals surface area contributed by atoms with E-state index in [1.54, 1.807) is 0 Å². The molecule has 1 unspecified atom stereocenters. The molecular formula is C31H40Cl2Zr. The monoisotopic (exact) mass is 572 g/mol. The van der Waals surface area contributed by atoms with Gasteiger partial charge in [0.1, 0.15) is 0 Å². The molecule has 3 aromatic rings. The molecule has 1 atom stereocenters. The number of hydrogen-bond acceptors (Lipinski definition) is 0. The summed E-state index contributed by atoms with van der Waals surface area (Å²) in [4.78, 5) is 0. The van der Waals surface area contributed by atoms with E-state index in [0.29, 0.717) is 11.3 Å². The van der Waals surface area contributed by atoms with Gasteiger partial charge in [-0.25, -0.2) is 6.08 Å². The van der Waals surface area contributed by atoms with Crippen LogP contribution in [0, 0.1) is 17.4 Å². The van der Waals surface area contributed by atoms with Crippen molar-refractivity contribution in [2.24, 2.45) is 11.3 Å². The first-order chi connectivity index (χ1) is 14.2. The molecule has 0 saturated heterocycles. The summed E-state index contributed by atoms with van der Waals surface area (Å²) >= 11 is 0. The van der Waals surface area contributed by atoms with E-state index in [-0.39, 0.29) is 61.8 Å². The average Bonchev–Trinajstić information content (AvgIpc) is 3.23. The van der Waals surface area contributed by atoms with Crippen molar-refractivity contribution in [1.29, 1.82) is 0 Å². The third kappa shape index (κ3) is 7.62. The Morgan fingerprint density at radius 1 is 0.765 bits per heavy atom. The molecule has 0 heterocycles. The first-order valence-electron chi connectivity index (χ1n) is 11.6. The zero-order valence-electron chi connectivity index (χ0n) is 22.5. The van der Waals surface area contributed by atoms with Gasteiger partial charge in [-0.05, 0) is 10.8 Å². The van der Waals surface area contributed by atoms with Crippen molar-refractivity contribution in [2.75, 3.05) is 0 Å². The van der Waals surface area contributed by atoms with Crippen LogP contribution in [0.1, 0.15) is 80.4 Å². The fraction of sp³-hybridized carbons (Fsp3) is 0.452. The van der Waals surface area contributed by atoms with Gasteiger partial charge in [0, 0.05) is 0 Å². The van der Waals surface area contributed by atoms with Gasteiger partial charge < -0.3 is 24.8 Å². The minimum Gasteiger partial charge on any atom is -1.00 e. The smallest absolute Gasteiger partial charge is 1.00 e. The van der Waals surface area contributed by atoms with Gasteiger partial charge in [-0.3, -0.25) is 6.08 Å². The molecule has 0 radical (unpaired) electrons. The zero-order valence-corrected chi connectivity index (χ0v) is 26.5.